The first-order chi connectivity index (χ1) is 7.50. The molecule has 0 aromatic carbocycles. The zero-order valence-electron chi connectivity index (χ0n) is 10.4. The van der Waals surface area contributed by atoms with Crippen LogP contribution in [0.25, 0.3) is 5.65 Å². The van der Waals surface area contributed by atoms with Crippen LogP contribution in [0.3, 0.4) is 0 Å². The van der Waals surface area contributed by atoms with E-state index < -0.39 is 0 Å². The largest absolute Gasteiger partial charge is 0.322 e. The SMILES string of the molecule is Cc1ccc2nc(C)c(C(N)C(C)C)n2c1. The van der Waals surface area contributed by atoms with Crippen LogP contribution in [0, 0.1) is 19.8 Å². The lowest BCUT2D eigenvalue weighted by atomic mass is 10.0. The van der Waals surface area contributed by atoms with Crippen molar-refractivity contribution in [2.45, 2.75) is 33.7 Å². The van der Waals surface area contributed by atoms with Crippen molar-refractivity contribution < 1.29 is 0 Å². The Hall–Kier alpha value is -1.35. The minimum atomic E-state index is 0.0387. The first-order valence-corrected chi connectivity index (χ1v) is 5.71. The van der Waals surface area contributed by atoms with E-state index in [-0.39, 0.29) is 6.04 Å². The maximum absolute atomic E-state index is 6.24. The predicted octanol–water partition coefficient (Wildman–Crippen LogP) is 2.61. The van der Waals surface area contributed by atoms with Crippen LogP contribution in [-0.4, -0.2) is 9.38 Å². The van der Waals surface area contributed by atoms with E-state index in [0.717, 1.165) is 17.0 Å². The fraction of sp³-hybridized carbons (Fsp3) is 0.462. The second-order valence-corrected chi connectivity index (χ2v) is 4.79. The number of pyridine rings is 1. The Balaban J connectivity index is 2.67. The molecule has 0 bridgehead atoms. The maximum Gasteiger partial charge on any atom is 0.137 e. The van der Waals surface area contributed by atoms with Gasteiger partial charge in [-0.1, -0.05) is 19.9 Å². The van der Waals surface area contributed by atoms with Gasteiger partial charge in [-0.3, -0.25) is 0 Å². The zero-order valence-corrected chi connectivity index (χ0v) is 10.4. The van der Waals surface area contributed by atoms with E-state index in [0.29, 0.717) is 5.92 Å². The summed E-state index contributed by atoms with van der Waals surface area (Å²) in [5, 5.41) is 0. The fourth-order valence-electron chi connectivity index (χ4n) is 2.00. The number of hydrogen-bond donors (Lipinski definition) is 1. The highest BCUT2D eigenvalue weighted by atomic mass is 15.0. The number of rotatable bonds is 2. The van der Waals surface area contributed by atoms with Gasteiger partial charge in [-0.25, -0.2) is 4.98 Å². The van der Waals surface area contributed by atoms with Crippen molar-refractivity contribution in [3.63, 3.8) is 0 Å². The summed E-state index contributed by atoms with van der Waals surface area (Å²) in [6.45, 7) is 8.39. The summed E-state index contributed by atoms with van der Waals surface area (Å²) < 4.78 is 2.12. The van der Waals surface area contributed by atoms with Crippen LogP contribution >= 0.6 is 0 Å². The molecule has 2 heterocycles. The Morgan fingerprint density at radius 3 is 2.56 bits per heavy atom. The molecule has 86 valence electrons. The van der Waals surface area contributed by atoms with Crippen molar-refractivity contribution in [3.05, 3.63) is 35.3 Å². The molecule has 2 N–H and O–H groups in total. The summed E-state index contributed by atoms with van der Waals surface area (Å²) in [7, 11) is 0. The van der Waals surface area contributed by atoms with E-state index in [1.54, 1.807) is 0 Å². The number of aryl methyl sites for hydroxylation is 2. The molecule has 0 aliphatic rings. The van der Waals surface area contributed by atoms with Crippen molar-refractivity contribution in [2.75, 3.05) is 0 Å². The average Bonchev–Trinajstić information content (AvgIpc) is 2.52. The van der Waals surface area contributed by atoms with E-state index in [1.165, 1.54) is 5.56 Å². The van der Waals surface area contributed by atoms with Gasteiger partial charge in [0.2, 0.25) is 0 Å². The smallest absolute Gasteiger partial charge is 0.137 e. The van der Waals surface area contributed by atoms with Gasteiger partial charge in [-0.05, 0) is 31.4 Å². The van der Waals surface area contributed by atoms with Crippen LogP contribution in [0.2, 0.25) is 0 Å². The van der Waals surface area contributed by atoms with E-state index in [1.807, 2.05) is 13.0 Å². The molecule has 0 radical (unpaired) electrons. The van der Waals surface area contributed by atoms with Crippen LogP contribution in [0.15, 0.2) is 18.3 Å². The van der Waals surface area contributed by atoms with E-state index in [2.05, 4.69) is 42.4 Å². The third-order valence-corrected chi connectivity index (χ3v) is 3.02. The Morgan fingerprint density at radius 2 is 1.94 bits per heavy atom. The lowest BCUT2D eigenvalue weighted by Gasteiger charge is -2.16. The number of imidazole rings is 1. The van der Waals surface area contributed by atoms with Crippen molar-refractivity contribution in [1.29, 1.82) is 0 Å². The second kappa shape index (κ2) is 3.91. The maximum atomic E-state index is 6.24. The van der Waals surface area contributed by atoms with Gasteiger partial charge in [-0.15, -0.1) is 0 Å². The third-order valence-electron chi connectivity index (χ3n) is 3.02. The molecule has 1 unspecified atom stereocenters. The quantitative estimate of drug-likeness (QED) is 0.840. The van der Waals surface area contributed by atoms with Gasteiger partial charge in [0.05, 0.1) is 11.4 Å². The third kappa shape index (κ3) is 1.71. The van der Waals surface area contributed by atoms with Crippen molar-refractivity contribution >= 4 is 5.65 Å². The summed E-state index contributed by atoms with van der Waals surface area (Å²) in [6, 6.07) is 4.16. The molecule has 2 aromatic heterocycles. The van der Waals surface area contributed by atoms with Gasteiger partial charge < -0.3 is 10.1 Å². The molecule has 0 aliphatic carbocycles. The Labute approximate surface area is 96.3 Å². The Morgan fingerprint density at radius 1 is 1.25 bits per heavy atom. The number of nitrogens with two attached hydrogens (primary N) is 1. The highest BCUT2D eigenvalue weighted by Crippen LogP contribution is 2.23. The molecule has 2 aromatic rings. The average molecular weight is 217 g/mol. The van der Waals surface area contributed by atoms with Crippen LogP contribution in [0.5, 0.6) is 0 Å². The monoisotopic (exact) mass is 217 g/mol. The van der Waals surface area contributed by atoms with E-state index in [4.69, 9.17) is 5.73 Å². The second-order valence-electron chi connectivity index (χ2n) is 4.79. The molecule has 1 atom stereocenters. The minimum Gasteiger partial charge on any atom is -0.322 e. The zero-order chi connectivity index (χ0) is 11.9. The molecular formula is C13H19N3. The van der Waals surface area contributed by atoms with Crippen LogP contribution in [0.4, 0.5) is 0 Å². The molecule has 0 spiro atoms. The molecule has 0 fully saturated rings. The molecule has 2 rings (SSSR count). The highest BCUT2D eigenvalue weighted by Gasteiger charge is 2.18. The molecule has 0 aliphatic heterocycles. The van der Waals surface area contributed by atoms with Crippen molar-refractivity contribution in [3.8, 4) is 0 Å². The van der Waals surface area contributed by atoms with Gasteiger partial charge in [-0.2, -0.15) is 0 Å². The molecule has 0 saturated carbocycles. The number of aromatic nitrogens is 2. The molecule has 0 saturated heterocycles. The highest BCUT2D eigenvalue weighted by molar-refractivity contribution is 5.45. The van der Waals surface area contributed by atoms with Crippen LogP contribution in [0.1, 0.15) is 36.8 Å². The summed E-state index contributed by atoms with van der Waals surface area (Å²) >= 11 is 0. The molecule has 3 nitrogen and oxygen atoms in total. The van der Waals surface area contributed by atoms with Gasteiger partial charge in [0.1, 0.15) is 5.65 Å². The summed E-state index contributed by atoms with van der Waals surface area (Å²) in [5.41, 5.74) is 10.6. The fourth-order valence-corrected chi connectivity index (χ4v) is 2.00. The standard InChI is InChI=1S/C13H19N3/c1-8(2)12(14)13-10(4)15-11-6-5-9(3)7-16(11)13/h5-8,12H,14H2,1-4H3. The van der Waals surface area contributed by atoms with Gasteiger partial charge in [0.25, 0.3) is 0 Å². The minimum absolute atomic E-state index is 0.0387. The molecule has 3 heteroatoms. The van der Waals surface area contributed by atoms with Crippen molar-refractivity contribution in [2.24, 2.45) is 11.7 Å². The van der Waals surface area contributed by atoms with Gasteiger partial charge in [0, 0.05) is 12.2 Å². The predicted molar refractivity (Wildman–Crippen MR) is 66.4 cm³/mol. The summed E-state index contributed by atoms with van der Waals surface area (Å²) in [5.74, 6) is 0.416. The van der Waals surface area contributed by atoms with Gasteiger partial charge >= 0.3 is 0 Å². The number of fused-ring (bicyclic) bond motifs is 1. The first kappa shape index (κ1) is 11.1. The van der Waals surface area contributed by atoms with Gasteiger partial charge in [0.15, 0.2) is 0 Å². The number of nitrogens with zero attached hydrogens (tertiary/aromatic N) is 2. The molecule has 16 heavy (non-hydrogen) atoms. The topological polar surface area (TPSA) is 43.3 Å². The molecule has 0 amide bonds. The van der Waals surface area contributed by atoms with Crippen molar-refractivity contribution in [1.82, 2.24) is 9.38 Å². The lowest BCUT2D eigenvalue weighted by molar-refractivity contribution is 0.498. The Bertz CT molecular complexity index is 511. The van der Waals surface area contributed by atoms with E-state index >= 15 is 0 Å². The van der Waals surface area contributed by atoms with Crippen LogP contribution in [-0.2, 0) is 0 Å². The summed E-state index contributed by atoms with van der Waals surface area (Å²) in [6.07, 6.45) is 2.10. The van der Waals surface area contributed by atoms with E-state index in [9.17, 15) is 0 Å². The number of hydrogen-bond acceptors (Lipinski definition) is 2. The summed E-state index contributed by atoms with van der Waals surface area (Å²) in [4.78, 5) is 4.54. The normalized spacial score (nSPS) is 13.6. The first-order valence-electron chi connectivity index (χ1n) is 5.71. The Kier molecular flexibility index (Phi) is 2.72. The molecular weight excluding hydrogens is 198 g/mol. The lowest BCUT2D eigenvalue weighted by Crippen LogP contribution is -2.19. The van der Waals surface area contributed by atoms with Crippen LogP contribution < -0.4 is 5.73 Å².